The van der Waals surface area contributed by atoms with Crippen LogP contribution in [0.25, 0.3) is 11.2 Å². The maximum atomic E-state index is 4.94. The molecule has 0 spiro atoms. The molecule has 0 atom stereocenters. The van der Waals surface area contributed by atoms with E-state index in [1.807, 2.05) is 11.6 Å². The molecule has 152 valence electrons. The Morgan fingerprint density at radius 2 is 1.66 bits per heavy atom. The van der Waals surface area contributed by atoms with Crippen molar-refractivity contribution in [3.05, 3.63) is 30.2 Å². The Balaban J connectivity index is 1.39. The predicted octanol–water partition coefficient (Wildman–Crippen LogP) is 2.65. The molecule has 5 rings (SSSR count). The molecule has 1 saturated heterocycles. The first kappa shape index (κ1) is 18.3. The Kier molecular flexibility index (Phi) is 4.18. The zero-order valence-electron chi connectivity index (χ0n) is 17.6. The largest absolute Gasteiger partial charge is 0.353 e. The first-order chi connectivity index (χ1) is 13.9. The van der Waals surface area contributed by atoms with E-state index < -0.39 is 0 Å². The molecule has 8 nitrogen and oxygen atoms in total. The SMILES string of the molecule is Cn1cnc2ncnc(N3CCN(c4cc(C(C)(C)C)nc(C5CC5)n4)CC3)c21. The van der Waals surface area contributed by atoms with Crippen LogP contribution in [0.1, 0.15) is 51.0 Å². The molecule has 1 aliphatic heterocycles. The fraction of sp³-hybridized carbons (Fsp3) is 0.571. The minimum Gasteiger partial charge on any atom is -0.353 e. The normalized spacial score (nSPS) is 17.9. The summed E-state index contributed by atoms with van der Waals surface area (Å²) in [5, 5.41) is 0. The summed E-state index contributed by atoms with van der Waals surface area (Å²) in [5.74, 6) is 3.62. The molecule has 0 unspecified atom stereocenters. The third kappa shape index (κ3) is 3.41. The molecular weight excluding hydrogens is 364 g/mol. The molecule has 3 aromatic rings. The molecule has 1 saturated carbocycles. The zero-order valence-corrected chi connectivity index (χ0v) is 17.6. The molecule has 0 N–H and O–H groups in total. The molecule has 4 heterocycles. The number of rotatable bonds is 3. The van der Waals surface area contributed by atoms with Gasteiger partial charge in [-0.3, -0.25) is 0 Å². The monoisotopic (exact) mass is 392 g/mol. The van der Waals surface area contributed by atoms with Crippen molar-refractivity contribution < 1.29 is 0 Å². The average Bonchev–Trinajstić information content (AvgIpc) is 3.50. The average molecular weight is 393 g/mol. The molecule has 0 aromatic carbocycles. The van der Waals surface area contributed by atoms with Crippen molar-refractivity contribution in [2.45, 2.75) is 44.9 Å². The van der Waals surface area contributed by atoms with Crippen molar-refractivity contribution in [2.24, 2.45) is 7.05 Å². The van der Waals surface area contributed by atoms with Crippen molar-refractivity contribution in [3.8, 4) is 0 Å². The molecule has 29 heavy (non-hydrogen) atoms. The molecule has 3 aromatic heterocycles. The summed E-state index contributed by atoms with van der Waals surface area (Å²) in [6, 6.07) is 2.19. The van der Waals surface area contributed by atoms with Gasteiger partial charge >= 0.3 is 0 Å². The number of fused-ring (bicyclic) bond motifs is 1. The first-order valence-electron chi connectivity index (χ1n) is 10.4. The highest BCUT2D eigenvalue weighted by atomic mass is 15.3. The van der Waals surface area contributed by atoms with E-state index >= 15 is 0 Å². The van der Waals surface area contributed by atoms with Crippen LogP contribution in [0.5, 0.6) is 0 Å². The minimum absolute atomic E-state index is 0.0231. The lowest BCUT2D eigenvalue weighted by Crippen LogP contribution is -2.47. The number of aryl methyl sites for hydroxylation is 1. The number of hydrogen-bond donors (Lipinski definition) is 0. The van der Waals surface area contributed by atoms with Crippen LogP contribution in [0.15, 0.2) is 18.7 Å². The van der Waals surface area contributed by atoms with Crippen molar-refractivity contribution >= 4 is 22.8 Å². The van der Waals surface area contributed by atoms with Gasteiger partial charge in [-0.2, -0.15) is 0 Å². The number of aromatic nitrogens is 6. The fourth-order valence-corrected chi connectivity index (χ4v) is 3.87. The molecule has 0 amide bonds. The van der Waals surface area contributed by atoms with E-state index in [1.54, 1.807) is 12.7 Å². The lowest BCUT2D eigenvalue weighted by Gasteiger charge is -2.36. The highest BCUT2D eigenvalue weighted by molar-refractivity contribution is 5.83. The van der Waals surface area contributed by atoms with E-state index in [9.17, 15) is 0 Å². The second-order valence-electron chi connectivity index (χ2n) is 9.19. The van der Waals surface area contributed by atoms with Crippen LogP contribution in [0.2, 0.25) is 0 Å². The summed E-state index contributed by atoms with van der Waals surface area (Å²) in [6.45, 7) is 10.3. The number of nitrogens with zero attached hydrogens (tertiary/aromatic N) is 8. The van der Waals surface area contributed by atoms with Crippen LogP contribution >= 0.6 is 0 Å². The van der Waals surface area contributed by atoms with E-state index in [0.717, 1.165) is 60.5 Å². The van der Waals surface area contributed by atoms with Gasteiger partial charge in [0.25, 0.3) is 0 Å². The Labute approximate surface area is 171 Å². The van der Waals surface area contributed by atoms with E-state index in [0.29, 0.717) is 5.92 Å². The van der Waals surface area contributed by atoms with Gasteiger partial charge in [0.05, 0.1) is 12.0 Å². The van der Waals surface area contributed by atoms with Gasteiger partial charge in [0.2, 0.25) is 0 Å². The van der Waals surface area contributed by atoms with Crippen molar-refractivity contribution in [1.82, 2.24) is 29.5 Å². The van der Waals surface area contributed by atoms with Crippen LogP contribution in [-0.4, -0.2) is 55.7 Å². The number of anilines is 2. The van der Waals surface area contributed by atoms with Crippen molar-refractivity contribution in [3.63, 3.8) is 0 Å². The zero-order chi connectivity index (χ0) is 20.2. The van der Waals surface area contributed by atoms with Crippen LogP contribution in [0, 0.1) is 0 Å². The minimum atomic E-state index is 0.0231. The maximum absolute atomic E-state index is 4.94. The fourth-order valence-electron chi connectivity index (χ4n) is 3.87. The smallest absolute Gasteiger partial charge is 0.182 e. The highest BCUT2D eigenvalue weighted by Gasteiger charge is 2.30. The predicted molar refractivity (Wildman–Crippen MR) is 113 cm³/mol. The number of piperazine rings is 1. The Bertz CT molecular complexity index is 1040. The topological polar surface area (TPSA) is 75.9 Å². The summed E-state index contributed by atoms with van der Waals surface area (Å²) in [4.78, 5) is 27.8. The van der Waals surface area contributed by atoms with Gasteiger partial charge in [-0.25, -0.2) is 24.9 Å². The van der Waals surface area contributed by atoms with Crippen molar-refractivity contribution in [1.29, 1.82) is 0 Å². The molecule has 2 aliphatic rings. The van der Waals surface area contributed by atoms with Gasteiger partial charge in [0.15, 0.2) is 11.5 Å². The summed E-state index contributed by atoms with van der Waals surface area (Å²) in [7, 11) is 1.99. The van der Waals surface area contributed by atoms with Gasteiger partial charge in [0.1, 0.15) is 23.5 Å². The van der Waals surface area contributed by atoms with E-state index in [1.165, 1.54) is 12.8 Å². The highest BCUT2D eigenvalue weighted by Crippen LogP contribution is 2.39. The van der Waals surface area contributed by atoms with Crippen LogP contribution in [0.4, 0.5) is 11.6 Å². The molecule has 0 bridgehead atoms. The maximum Gasteiger partial charge on any atom is 0.182 e. The number of imidazole rings is 1. The first-order valence-corrected chi connectivity index (χ1v) is 10.4. The van der Waals surface area contributed by atoms with Gasteiger partial charge in [-0.05, 0) is 12.8 Å². The lowest BCUT2D eigenvalue weighted by atomic mass is 9.91. The summed E-state index contributed by atoms with van der Waals surface area (Å²) < 4.78 is 2.00. The van der Waals surface area contributed by atoms with Crippen LogP contribution in [-0.2, 0) is 12.5 Å². The summed E-state index contributed by atoms with van der Waals surface area (Å²) in [5.41, 5.74) is 2.91. The van der Waals surface area contributed by atoms with E-state index in [4.69, 9.17) is 9.97 Å². The Morgan fingerprint density at radius 1 is 0.931 bits per heavy atom. The molecule has 2 fully saturated rings. The second kappa shape index (κ2) is 6.64. The van der Waals surface area contributed by atoms with Crippen LogP contribution < -0.4 is 9.80 Å². The van der Waals surface area contributed by atoms with Crippen LogP contribution in [0.3, 0.4) is 0 Å². The van der Waals surface area contributed by atoms with Crippen molar-refractivity contribution in [2.75, 3.05) is 36.0 Å². The summed E-state index contributed by atoms with van der Waals surface area (Å²) in [6.07, 6.45) is 5.84. The van der Waals surface area contributed by atoms with Gasteiger partial charge in [0, 0.05) is 50.6 Å². The number of hydrogen-bond acceptors (Lipinski definition) is 7. The Hall–Kier alpha value is -2.77. The lowest BCUT2D eigenvalue weighted by molar-refractivity contribution is 0.559. The molecule has 8 heteroatoms. The quantitative estimate of drug-likeness (QED) is 0.678. The van der Waals surface area contributed by atoms with Gasteiger partial charge in [-0.15, -0.1) is 0 Å². The summed E-state index contributed by atoms with van der Waals surface area (Å²) >= 11 is 0. The standard InChI is InChI=1S/C21H28N8/c1-21(2,3)15-11-16(26-18(25-15)14-5-6-14)28-7-9-29(10-8-28)20-17-19(22-12-23-20)24-13-27(17)4/h11-14H,5-10H2,1-4H3. The van der Waals surface area contributed by atoms with E-state index in [-0.39, 0.29) is 5.41 Å². The van der Waals surface area contributed by atoms with E-state index in [2.05, 4.69) is 51.6 Å². The molecule has 1 aliphatic carbocycles. The third-order valence-electron chi connectivity index (χ3n) is 5.83. The molecular formula is C21H28N8. The molecule has 0 radical (unpaired) electrons. The van der Waals surface area contributed by atoms with Gasteiger partial charge in [-0.1, -0.05) is 20.8 Å². The third-order valence-corrected chi connectivity index (χ3v) is 5.83. The van der Waals surface area contributed by atoms with Gasteiger partial charge < -0.3 is 14.4 Å². The second-order valence-corrected chi connectivity index (χ2v) is 9.19. The Morgan fingerprint density at radius 3 is 2.34 bits per heavy atom.